The first-order valence-electron chi connectivity index (χ1n) is 6.63. The van der Waals surface area contributed by atoms with Crippen molar-refractivity contribution in [2.45, 2.75) is 26.3 Å². The molecule has 0 aliphatic heterocycles. The Kier molecular flexibility index (Phi) is 4.87. The summed E-state index contributed by atoms with van der Waals surface area (Å²) in [6, 6.07) is 11.4. The number of hydrogen-bond acceptors (Lipinski definition) is 4. The first-order chi connectivity index (χ1) is 9.87. The Balaban J connectivity index is 2.10. The van der Waals surface area contributed by atoms with Crippen molar-refractivity contribution < 1.29 is 8.42 Å². The minimum absolute atomic E-state index is 0.153. The highest BCUT2D eigenvalue weighted by atomic mass is 32.2. The van der Waals surface area contributed by atoms with Crippen LogP contribution >= 0.6 is 11.3 Å². The van der Waals surface area contributed by atoms with Gasteiger partial charge in [-0.3, -0.25) is 4.72 Å². The lowest BCUT2D eigenvalue weighted by molar-refractivity contribution is 0.603. The van der Waals surface area contributed by atoms with Crippen LogP contribution in [-0.2, 0) is 16.6 Å². The molecule has 114 valence electrons. The van der Waals surface area contributed by atoms with Gasteiger partial charge in [-0.05, 0) is 43.7 Å². The number of rotatable bonds is 6. The third-order valence-corrected chi connectivity index (χ3v) is 4.90. The van der Waals surface area contributed by atoms with Crippen LogP contribution in [0.1, 0.15) is 29.6 Å². The molecule has 0 spiro atoms. The first-order valence-corrected chi connectivity index (χ1v) is 8.99. The Hall–Kier alpha value is -1.57. The molecule has 1 aromatic heterocycles. The van der Waals surface area contributed by atoms with E-state index in [1.165, 1.54) is 9.75 Å². The second kappa shape index (κ2) is 6.46. The molecule has 2 rings (SSSR count). The van der Waals surface area contributed by atoms with E-state index in [2.05, 4.69) is 36.0 Å². The highest BCUT2D eigenvalue weighted by Crippen LogP contribution is 2.27. The number of aryl methyl sites for hydroxylation is 1. The molecule has 0 saturated heterocycles. The van der Waals surface area contributed by atoms with E-state index in [0.29, 0.717) is 5.69 Å². The molecule has 0 aliphatic carbocycles. The fraction of sp³-hybridized carbons (Fsp3) is 0.286. The van der Waals surface area contributed by atoms with E-state index in [-0.39, 0.29) is 6.04 Å². The summed E-state index contributed by atoms with van der Waals surface area (Å²) in [7, 11) is -3.75. The topological polar surface area (TPSA) is 84.2 Å². The second-order valence-electron chi connectivity index (χ2n) is 4.75. The third-order valence-electron chi connectivity index (χ3n) is 2.96. The van der Waals surface area contributed by atoms with Crippen LogP contribution in [0.4, 0.5) is 11.4 Å². The SMILES string of the molecule is CCc1ccc(C(C)Nc2cccc(NS(N)(=O)=O)c2)s1. The number of nitrogens with two attached hydrogens (primary N) is 1. The molecule has 1 unspecified atom stereocenters. The van der Waals surface area contributed by atoms with Gasteiger partial charge >= 0.3 is 0 Å². The molecule has 4 N–H and O–H groups in total. The summed E-state index contributed by atoms with van der Waals surface area (Å²) in [5.41, 5.74) is 1.28. The third kappa shape index (κ3) is 4.73. The van der Waals surface area contributed by atoms with Crippen LogP contribution in [0.25, 0.3) is 0 Å². The monoisotopic (exact) mass is 325 g/mol. The molecule has 0 fully saturated rings. The Labute approximate surface area is 129 Å². The molecule has 7 heteroatoms. The first kappa shape index (κ1) is 15.8. The second-order valence-corrected chi connectivity index (χ2v) is 7.25. The van der Waals surface area contributed by atoms with Gasteiger partial charge in [0.2, 0.25) is 0 Å². The smallest absolute Gasteiger partial charge is 0.296 e. The van der Waals surface area contributed by atoms with Gasteiger partial charge < -0.3 is 5.32 Å². The minimum Gasteiger partial charge on any atom is -0.378 e. The lowest BCUT2D eigenvalue weighted by Gasteiger charge is -2.14. The fourth-order valence-electron chi connectivity index (χ4n) is 1.98. The van der Waals surface area contributed by atoms with Crippen molar-refractivity contribution in [1.82, 2.24) is 0 Å². The minimum atomic E-state index is -3.75. The molecule has 1 atom stereocenters. The molecule has 1 heterocycles. The molecule has 0 radical (unpaired) electrons. The van der Waals surface area contributed by atoms with Crippen molar-refractivity contribution in [2.24, 2.45) is 5.14 Å². The summed E-state index contributed by atoms with van der Waals surface area (Å²) >= 11 is 1.78. The number of anilines is 2. The fourth-order valence-corrected chi connectivity index (χ4v) is 3.39. The zero-order valence-corrected chi connectivity index (χ0v) is 13.6. The van der Waals surface area contributed by atoms with E-state index < -0.39 is 10.2 Å². The van der Waals surface area contributed by atoms with Crippen molar-refractivity contribution in [2.75, 3.05) is 10.0 Å². The van der Waals surface area contributed by atoms with Gasteiger partial charge in [0.1, 0.15) is 0 Å². The highest BCUT2D eigenvalue weighted by Gasteiger charge is 2.09. The summed E-state index contributed by atoms with van der Waals surface area (Å²) in [6.45, 7) is 4.21. The largest absolute Gasteiger partial charge is 0.378 e. The Morgan fingerprint density at radius 1 is 1.24 bits per heavy atom. The van der Waals surface area contributed by atoms with Gasteiger partial charge in [0.05, 0.1) is 11.7 Å². The van der Waals surface area contributed by atoms with Crippen molar-refractivity contribution in [3.05, 3.63) is 46.2 Å². The van der Waals surface area contributed by atoms with E-state index in [1.54, 1.807) is 29.5 Å². The summed E-state index contributed by atoms with van der Waals surface area (Å²) in [4.78, 5) is 2.60. The van der Waals surface area contributed by atoms with Crippen LogP contribution < -0.4 is 15.2 Å². The van der Waals surface area contributed by atoms with Crippen molar-refractivity contribution in [3.8, 4) is 0 Å². The molecule has 0 amide bonds. The van der Waals surface area contributed by atoms with Gasteiger partial charge in [0.25, 0.3) is 10.2 Å². The Morgan fingerprint density at radius 3 is 2.57 bits per heavy atom. The van der Waals surface area contributed by atoms with Gasteiger partial charge in [-0.15, -0.1) is 11.3 Å². The van der Waals surface area contributed by atoms with Crippen LogP contribution in [-0.4, -0.2) is 8.42 Å². The Bertz CT molecular complexity index is 711. The van der Waals surface area contributed by atoms with Crippen LogP contribution in [0.5, 0.6) is 0 Å². The maximum absolute atomic E-state index is 11.0. The highest BCUT2D eigenvalue weighted by molar-refractivity contribution is 7.90. The zero-order chi connectivity index (χ0) is 15.5. The number of benzene rings is 1. The van der Waals surface area contributed by atoms with E-state index in [0.717, 1.165) is 12.1 Å². The quantitative estimate of drug-likeness (QED) is 0.763. The van der Waals surface area contributed by atoms with Gasteiger partial charge in [0.15, 0.2) is 0 Å². The molecule has 0 aliphatic rings. The van der Waals surface area contributed by atoms with Crippen LogP contribution in [0, 0.1) is 0 Å². The van der Waals surface area contributed by atoms with Crippen molar-refractivity contribution in [3.63, 3.8) is 0 Å². The normalized spacial score (nSPS) is 12.9. The molecular weight excluding hydrogens is 306 g/mol. The summed E-state index contributed by atoms with van der Waals surface area (Å²) in [6.07, 6.45) is 1.03. The zero-order valence-electron chi connectivity index (χ0n) is 12.0. The molecule has 0 bridgehead atoms. The molecule has 2 aromatic rings. The molecular formula is C14H19N3O2S2. The van der Waals surface area contributed by atoms with Crippen LogP contribution in [0.15, 0.2) is 36.4 Å². The summed E-state index contributed by atoms with van der Waals surface area (Å²) in [5.74, 6) is 0. The van der Waals surface area contributed by atoms with E-state index in [1.807, 2.05) is 6.07 Å². The molecule has 0 saturated carbocycles. The maximum Gasteiger partial charge on any atom is 0.296 e. The molecule has 1 aromatic carbocycles. The number of thiophene rings is 1. The van der Waals surface area contributed by atoms with Crippen molar-refractivity contribution in [1.29, 1.82) is 0 Å². The Morgan fingerprint density at radius 2 is 1.95 bits per heavy atom. The molecule has 5 nitrogen and oxygen atoms in total. The predicted octanol–water partition coefficient (Wildman–Crippen LogP) is 3.10. The lowest BCUT2D eigenvalue weighted by Crippen LogP contribution is -2.21. The predicted molar refractivity (Wildman–Crippen MR) is 88.9 cm³/mol. The van der Waals surface area contributed by atoms with Gasteiger partial charge in [-0.2, -0.15) is 8.42 Å². The summed E-state index contributed by atoms with van der Waals surface area (Å²) < 4.78 is 24.3. The number of hydrogen-bond donors (Lipinski definition) is 3. The van der Waals surface area contributed by atoms with Crippen LogP contribution in [0.2, 0.25) is 0 Å². The lowest BCUT2D eigenvalue weighted by atomic mass is 10.2. The van der Waals surface area contributed by atoms with Gasteiger partial charge in [-0.1, -0.05) is 13.0 Å². The average molecular weight is 325 g/mol. The van der Waals surface area contributed by atoms with E-state index in [4.69, 9.17) is 5.14 Å². The van der Waals surface area contributed by atoms with Crippen LogP contribution in [0.3, 0.4) is 0 Å². The van der Waals surface area contributed by atoms with E-state index >= 15 is 0 Å². The maximum atomic E-state index is 11.0. The van der Waals surface area contributed by atoms with Gasteiger partial charge in [0, 0.05) is 15.4 Å². The van der Waals surface area contributed by atoms with Crippen molar-refractivity contribution >= 4 is 32.9 Å². The molecule has 21 heavy (non-hydrogen) atoms. The summed E-state index contributed by atoms with van der Waals surface area (Å²) in [5, 5.41) is 8.33. The van der Waals surface area contributed by atoms with E-state index in [9.17, 15) is 8.42 Å². The number of nitrogens with one attached hydrogen (secondary N) is 2. The average Bonchev–Trinajstić information content (AvgIpc) is 2.85. The van der Waals surface area contributed by atoms with Gasteiger partial charge in [-0.25, -0.2) is 5.14 Å². The standard InChI is InChI=1S/C14H19N3O2S2/c1-3-13-7-8-14(20-13)10(2)16-11-5-4-6-12(9-11)17-21(15,18)19/h4-10,16-17H,3H2,1-2H3,(H2,15,18,19).